The second-order valence-corrected chi connectivity index (χ2v) is 5.98. The molecule has 1 atom stereocenters. The number of rotatable bonds is 5. The van der Waals surface area contributed by atoms with E-state index < -0.39 is 0 Å². The lowest BCUT2D eigenvalue weighted by Crippen LogP contribution is -2.50. The third-order valence-electron chi connectivity index (χ3n) is 3.71. The van der Waals surface area contributed by atoms with Gasteiger partial charge in [0.1, 0.15) is 0 Å². The van der Waals surface area contributed by atoms with Crippen LogP contribution in [0.3, 0.4) is 0 Å². The fraction of sp³-hybridized carbons (Fsp3) is 1.00. The molecule has 0 spiro atoms. The van der Waals surface area contributed by atoms with E-state index in [4.69, 9.17) is 4.74 Å². The fourth-order valence-corrected chi connectivity index (χ4v) is 2.52. The summed E-state index contributed by atoms with van der Waals surface area (Å²) >= 11 is 0. The number of likely N-dealkylation sites (tertiary alicyclic amines) is 1. The Balaban J connectivity index is 1.76. The molecule has 1 aliphatic heterocycles. The topological polar surface area (TPSA) is 24.5 Å². The van der Waals surface area contributed by atoms with Crippen LogP contribution in [0, 0.1) is 0 Å². The summed E-state index contributed by atoms with van der Waals surface area (Å²) < 4.78 is 5.51. The molecular weight excluding hydrogens is 200 g/mol. The van der Waals surface area contributed by atoms with Crippen LogP contribution in [0.2, 0.25) is 0 Å². The highest BCUT2D eigenvalue weighted by Gasteiger charge is 2.29. The predicted molar refractivity (Wildman–Crippen MR) is 66.7 cm³/mol. The standard InChI is InChI=1S/C13H26N2O/c1-13(2,16-3)10-15-8-4-5-12(9-15)14-11-6-7-11/h11-12,14H,4-10H2,1-3H3. The van der Waals surface area contributed by atoms with Crippen molar-refractivity contribution in [1.82, 2.24) is 10.2 Å². The fourth-order valence-electron chi connectivity index (χ4n) is 2.52. The second-order valence-electron chi connectivity index (χ2n) is 5.98. The van der Waals surface area contributed by atoms with Gasteiger partial charge in [-0.25, -0.2) is 0 Å². The summed E-state index contributed by atoms with van der Waals surface area (Å²) in [7, 11) is 1.81. The summed E-state index contributed by atoms with van der Waals surface area (Å²) in [5.41, 5.74) is -0.0124. The van der Waals surface area contributed by atoms with Crippen LogP contribution in [0.1, 0.15) is 39.5 Å². The van der Waals surface area contributed by atoms with Crippen molar-refractivity contribution in [3.05, 3.63) is 0 Å². The van der Waals surface area contributed by atoms with Crippen LogP contribution >= 0.6 is 0 Å². The van der Waals surface area contributed by atoms with E-state index in [1.54, 1.807) is 0 Å². The van der Waals surface area contributed by atoms with Crippen LogP contribution in [-0.2, 0) is 4.74 Å². The van der Waals surface area contributed by atoms with Gasteiger partial charge in [0.05, 0.1) is 5.60 Å². The first-order valence-corrected chi connectivity index (χ1v) is 6.62. The Kier molecular flexibility index (Phi) is 3.88. The normalized spacial score (nSPS) is 28.3. The van der Waals surface area contributed by atoms with Gasteiger partial charge in [-0.2, -0.15) is 0 Å². The molecule has 0 radical (unpaired) electrons. The van der Waals surface area contributed by atoms with Gasteiger partial charge in [-0.1, -0.05) is 0 Å². The Morgan fingerprint density at radius 1 is 1.25 bits per heavy atom. The van der Waals surface area contributed by atoms with Gasteiger partial charge < -0.3 is 10.1 Å². The molecule has 2 fully saturated rings. The van der Waals surface area contributed by atoms with Crippen molar-refractivity contribution >= 4 is 0 Å². The monoisotopic (exact) mass is 226 g/mol. The number of hydrogen-bond acceptors (Lipinski definition) is 3. The van der Waals surface area contributed by atoms with Crippen molar-refractivity contribution in [3.63, 3.8) is 0 Å². The lowest BCUT2D eigenvalue weighted by atomic mass is 10.0. The molecule has 1 saturated heterocycles. The Morgan fingerprint density at radius 3 is 2.62 bits per heavy atom. The van der Waals surface area contributed by atoms with Gasteiger partial charge in [0, 0.05) is 32.3 Å². The number of piperidine rings is 1. The number of nitrogens with one attached hydrogen (secondary N) is 1. The molecule has 0 aromatic heterocycles. The van der Waals surface area contributed by atoms with E-state index in [1.807, 2.05) is 7.11 Å². The van der Waals surface area contributed by atoms with Crippen molar-refractivity contribution in [2.75, 3.05) is 26.7 Å². The second kappa shape index (κ2) is 5.03. The molecule has 1 unspecified atom stereocenters. The zero-order valence-corrected chi connectivity index (χ0v) is 11.0. The predicted octanol–water partition coefficient (Wildman–Crippen LogP) is 1.63. The molecule has 1 N–H and O–H groups in total. The van der Waals surface area contributed by atoms with E-state index in [9.17, 15) is 0 Å². The van der Waals surface area contributed by atoms with Crippen LogP contribution in [0.5, 0.6) is 0 Å². The molecule has 94 valence electrons. The van der Waals surface area contributed by atoms with Crippen LogP contribution < -0.4 is 5.32 Å². The molecule has 0 aromatic carbocycles. The van der Waals surface area contributed by atoms with Gasteiger partial charge in [0.15, 0.2) is 0 Å². The first kappa shape index (κ1) is 12.3. The average Bonchev–Trinajstić information content (AvgIpc) is 3.02. The first-order chi connectivity index (χ1) is 7.59. The Hall–Kier alpha value is -0.120. The summed E-state index contributed by atoms with van der Waals surface area (Å²) in [6.07, 6.45) is 5.45. The van der Waals surface area contributed by atoms with Gasteiger partial charge in [-0.3, -0.25) is 4.90 Å². The van der Waals surface area contributed by atoms with Crippen LogP contribution in [0.25, 0.3) is 0 Å². The molecule has 16 heavy (non-hydrogen) atoms. The Bertz CT molecular complexity index is 226. The smallest absolute Gasteiger partial charge is 0.0749 e. The molecule has 2 aliphatic rings. The molecule has 0 aromatic rings. The van der Waals surface area contributed by atoms with Gasteiger partial charge in [0.25, 0.3) is 0 Å². The molecular formula is C13H26N2O. The Labute approximate surface area is 99.5 Å². The van der Waals surface area contributed by atoms with E-state index in [-0.39, 0.29) is 5.60 Å². The lowest BCUT2D eigenvalue weighted by Gasteiger charge is -2.37. The van der Waals surface area contributed by atoms with Gasteiger partial charge in [0.2, 0.25) is 0 Å². The van der Waals surface area contributed by atoms with Crippen LogP contribution in [-0.4, -0.2) is 49.3 Å². The number of ether oxygens (including phenoxy) is 1. The van der Waals surface area contributed by atoms with Gasteiger partial charge in [-0.15, -0.1) is 0 Å². The van der Waals surface area contributed by atoms with E-state index in [0.29, 0.717) is 6.04 Å². The number of methoxy groups -OCH3 is 1. The quantitative estimate of drug-likeness (QED) is 0.771. The zero-order chi connectivity index (χ0) is 11.6. The third kappa shape index (κ3) is 3.72. The summed E-state index contributed by atoms with van der Waals surface area (Å²) in [5, 5.41) is 3.74. The lowest BCUT2D eigenvalue weighted by molar-refractivity contribution is -0.0141. The highest BCUT2D eigenvalue weighted by molar-refractivity contribution is 4.89. The maximum Gasteiger partial charge on any atom is 0.0749 e. The number of hydrogen-bond donors (Lipinski definition) is 1. The first-order valence-electron chi connectivity index (χ1n) is 6.62. The van der Waals surface area contributed by atoms with E-state index in [0.717, 1.165) is 12.6 Å². The van der Waals surface area contributed by atoms with E-state index in [1.165, 1.54) is 38.8 Å². The minimum atomic E-state index is -0.0124. The van der Waals surface area contributed by atoms with Crippen molar-refractivity contribution in [3.8, 4) is 0 Å². The largest absolute Gasteiger partial charge is 0.377 e. The molecule has 3 heteroatoms. The average molecular weight is 226 g/mol. The zero-order valence-electron chi connectivity index (χ0n) is 11.0. The minimum absolute atomic E-state index is 0.0124. The summed E-state index contributed by atoms with van der Waals surface area (Å²) in [6.45, 7) is 7.82. The molecule has 3 nitrogen and oxygen atoms in total. The summed E-state index contributed by atoms with van der Waals surface area (Å²) in [6, 6.07) is 1.55. The Morgan fingerprint density at radius 2 is 2.00 bits per heavy atom. The molecule has 2 rings (SSSR count). The van der Waals surface area contributed by atoms with Gasteiger partial charge in [-0.05, 0) is 46.1 Å². The van der Waals surface area contributed by atoms with Crippen molar-refractivity contribution in [1.29, 1.82) is 0 Å². The third-order valence-corrected chi connectivity index (χ3v) is 3.71. The maximum atomic E-state index is 5.51. The SMILES string of the molecule is COC(C)(C)CN1CCCC(NC2CC2)C1. The van der Waals surface area contributed by atoms with Gasteiger partial charge >= 0.3 is 0 Å². The molecule has 1 aliphatic carbocycles. The molecule has 0 bridgehead atoms. The van der Waals surface area contributed by atoms with E-state index >= 15 is 0 Å². The maximum absolute atomic E-state index is 5.51. The highest BCUT2D eigenvalue weighted by Crippen LogP contribution is 2.22. The highest BCUT2D eigenvalue weighted by atomic mass is 16.5. The van der Waals surface area contributed by atoms with Crippen LogP contribution in [0.4, 0.5) is 0 Å². The minimum Gasteiger partial charge on any atom is -0.377 e. The van der Waals surface area contributed by atoms with Crippen molar-refractivity contribution < 1.29 is 4.74 Å². The molecule has 1 saturated carbocycles. The number of nitrogens with zero attached hydrogens (tertiary/aromatic N) is 1. The van der Waals surface area contributed by atoms with Crippen LogP contribution in [0.15, 0.2) is 0 Å². The van der Waals surface area contributed by atoms with Crippen molar-refractivity contribution in [2.24, 2.45) is 0 Å². The van der Waals surface area contributed by atoms with Crippen molar-refractivity contribution in [2.45, 2.75) is 57.2 Å². The summed E-state index contributed by atoms with van der Waals surface area (Å²) in [5.74, 6) is 0. The van der Waals surface area contributed by atoms with E-state index in [2.05, 4.69) is 24.1 Å². The molecule has 0 amide bonds. The summed E-state index contributed by atoms with van der Waals surface area (Å²) in [4.78, 5) is 2.55. The molecule has 1 heterocycles.